The third-order valence-electron chi connectivity index (χ3n) is 3.41. The van der Waals surface area contributed by atoms with E-state index in [1.54, 1.807) is 0 Å². The standard InChI is InChI=1S/C13H18ClNO2S/c14-10-13(7-8-13)11-15-18(16,17)9-6-12-4-2-1-3-5-12/h1-5,15H,6-11H2. The van der Waals surface area contributed by atoms with Gasteiger partial charge in [0.1, 0.15) is 0 Å². The second kappa shape index (κ2) is 5.59. The number of sulfonamides is 1. The Morgan fingerprint density at radius 3 is 2.44 bits per heavy atom. The molecule has 1 N–H and O–H groups in total. The molecule has 0 heterocycles. The zero-order chi connectivity index (χ0) is 13.1. The quantitative estimate of drug-likeness (QED) is 0.781. The summed E-state index contributed by atoms with van der Waals surface area (Å²) in [5.41, 5.74) is 1.07. The van der Waals surface area contributed by atoms with Crippen molar-refractivity contribution in [2.45, 2.75) is 19.3 Å². The van der Waals surface area contributed by atoms with Gasteiger partial charge < -0.3 is 0 Å². The van der Waals surface area contributed by atoms with Crippen LogP contribution in [0.1, 0.15) is 18.4 Å². The molecule has 1 fully saturated rings. The molecule has 1 aliphatic carbocycles. The fraction of sp³-hybridized carbons (Fsp3) is 0.538. The van der Waals surface area contributed by atoms with Gasteiger partial charge in [-0.1, -0.05) is 30.3 Å². The van der Waals surface area contributed by atoms with Crippen LogP contribution in [0.2, 0.25) is 0 Å². The second-order valence-corrected chi connectivity index (χ2v) is 7.20. The van der Waals surface area contributed by atoms with E-state index in [0.29, 0.717) is 18.8 Å². The average Bonchev–Trinajstić information content (AvgIpc) is 3.17. The van der Waals surface area contributed by atoms with E-state index in [1.807, 2.05) is 30.3 Å². The Balaban J connectivity index is 1.81. The van der Waals surface area contributed by atoms with Crippen LogP contribution in [0.3, 0.4) is 0 Å². The predicted molar refractivity (Wildman–Crippen MR) is 74.3 cm³/mol. The Morgan fingerprint density at radius 1 is 1.22 bits per heavy atom. The van der Waals surface area contributed by atoms with Crippen LogP contribution >= 0.6 is 11.6 Å². The number of nitrogens with one attached hydrogen (secondary N) is 1. The van der Waals surface area contributed by atoms with Gasteiger partial charge in [-0.2, -0.15) is 0 Å². The summed E-state index contributed by atoms with van der Waals surface area (Å²) in [6, 6.07) is 9.64. The first-order valence-electron chi connectivity index (χ1n) is 6.13. The van der Waals surface area contributed by atoms with Crippen molar-refractivity contribution in [1.29, 1.82) is 0 Å². The van der Waals surface area contributed by atoms with Crippen LogP contribution in [0, 0.1) is 5.41 Å². The largest absolute Gasteiger partial charge is 0.215 e. The fourth-order valence-electron chi connectivity index (χ4n) is 1.77. The molecule has 5 heteroatoms. The van der Waals surface area contributed by atoms with E-state index in [2.05, 4.69) is 4.72 Å². The van der Waals surface area contributed by atoms with Gasteiger partial charge in [0.25, 0.3) is 0 Å². The lowest BCUT2D eigenvalue weighted by Crippen LogP contribution is -2.33. The molecule has 2 rings (SSSR count). The lowest BCUT2D eigenvalue weighted by atomic mass is 10.1. The van der Waals surface area contributed by atoms with E-state index in [-0.39, 0.29) is 11.2 Å². The Hall–Kier alpha value is -0.580. The van der Waals surface area contributed by atoms with Gasteiger partial charge in [0.2, 0.25) is 10.0 Å². The summed E-state index contributed by atoms with van der Waals surface area (Å²) in [5.74, 6) is 0.670. The molecular weight excluding hydrogens is 270 g/mol. The molecule has 3 nitrogen and oxygen atoms in total. The zero-order valence-corrected chi connectivity index (χ0v) is 11.8. The Labute approximate surface area is 114 Å². The predicted octanol–water partition coefficient (Wildman–Crippen LogP) is 2.17. The monoisotopic (exact) mass is 287 g/mol. The van der Waals surface area contributed by atoms with E-state index in [4.69, 9.17) is 11.6 Å². The van der Waals surface area contributed by atoms with E-state index in [1.165, 1.54) is 0 Å². The summed E-state index contributed by atoms with van der Waals surface area (Å²) in [6.45, 7) is 0.480. The van der Waals surface area contributed by atoms with Crippen molar-refractivity contribution in [3.63, 3.8) is 0 Å². The molecule has 0 spiro atoms. The minimum absolute atomic E-state index is 0.0291. The molecular formula is C13H18ClNO2S. The summed E-state index contributed by atoms with van der Waals surface area (Å²) in [7, 11) is -3.19. The molecule has 0 radical (unpaired) electrons. The molecule has 1 aliphatic rings. The van der Waals surface area contributed by atoms with Gasteiger partial charge in [0.15, 0.2) is 0 Å². The van der Waals surface area contributed by atoms with Gasteiger partial charge >= 0.3 is 0 Å². The highest BCUT2D eigenvalue weighted by Crippen LogP contribution is 2.45. The molecule has 0 amide bonds. The van der Waals surface area contributed by atoms with Gasteiger partial charge in [-0.3, -0.25) is 0 Å². The van der Waals surface area contributed by atoms with Crippen molar-refractivity contribution >= 4 is 21.6 Å². The number of aryl methyl sites for hydroxylation is 1. The highest BCUT2D eigenvalue weighted by atomic mass is 35.5. The molecule has 0 aliphatic heterocycles. The number of rotatable bonds is 7. The van der Waals surface area contributed by atoms with Gasteiger partial charge in [-0.25, -0.2) is 13.1 Å². The lowest BCUT2D eigenvalue weighted by Gasteiger charge is -2.12. The number of halogens is 1. The molecule has 0 atom stereocenters. The summed E-state index contributed by atoms with van der Waals surface area (Å²) in [5, 5.41) is 0. The van der Waals surface area contributed by atoms with Crippen LogP contribution in [0.15, 0.2) is 30.3 Å². The molecule has 1 aromatic rings. The maximum absolute atomic E-state index is 11.8. The molecule has 0 aromatic heterocycles. The van der Waals surface area contributed by atoms with Crippen molar-refractivity contribution in [1.82, 2.24) is 4.72 Å². The smallest absolute Gasteiger partial charge is 0.211 e. The van der Waals surface area contributed by atoms with Crippen LogP contribution in [0.5, 0.6) is 0 Å². The maximum Gasteiger partial charge on any atom is 0.211 e. The number of hydrogen-bond acceptors (Lipinski definition) is 2. The molecule has 0 unspecified atom stereocenters. The van der Waals surface area contributed by atoms with Crippen molar-refractivity contribution in [2.24, 2.45) is 5.41 Å². The fourth-order valence-corrected chi connectivity index (χ4v) is 3.30. The van der Waals surface area contributed by atoms with E-state index in [0.717, 1.165) is 18.4 Å². The van der Waals surface area contributed by atoms with Crippen molar-refractivity contribution < 1.29 is 8.42 Å². The third-order valence-corrected chi connectivity index (χ3v) is 5.30. The SMILES string of the molecule is O=S(=O)(CCc1ccccc1)NCC1(CCl)CC1. The molecule has 1 saturated carbocycles. The van der Waals surface area contributed by atoms with Gasteiger partial charge in [0, 0.05) is 12.4 Å². The van der Waals surface area contributed by atoms with Crippen molar-refractivity contribution in [3.8, 4) is 0 Å². The van der Waals surface area contributed by atoms with Crippen LogP contribution < -0.4 is 4.72 Å². The summed E-state index contributed by atoms with van der Waals surface area (Å²) in [4.78, 5) is 0. The normalized spacial score (nSPS) is 17.6. The average molecular weight is 288 g/mol. The molecule has 0 saturated heterocycles. The lowest BCUT2D eigenvalue weighted by molar-refractivity contribution is 0.534. The van der Waals surface area contributed by atoms with Crippen LogP contribution in [-0.2, 0) is 16.4 Å². The van der Waals surface area contributed by atoms with E-state index < -0.39 is 10.0 Å². The van der Waals surface area contributed by atoms with Crippen LogP contribution in [-0.4, -0.2) is 26.6 Å². The van der Waals surface area contributed by atoms with Gasteiger partial charge in [-0.15, -0.1) is 11.6 Å². The maximum atomic E-state index is 11.8. The van der Waals surface area contributed by atoms with Gasteiger partial charge in [-0.05, 0) is 30.2 Å². The Kier molecular flexibility index (Phi) is 4.30. The number of hydrogen-bond donors (Lipinski definition) is 1. The zero-order valence-electron chi connectivity index (χ0n) is 10.2. The Morgan fingerprint density at radius 2 is 1.89 bits per heavy atom. The topological polar surface area (TPSA) is 46.2 Å². The summed E-state index contributed by atoms with van der Waals surface area (Å²) >= 11 is 5.82. The highest BCUT2D eigenvalue weighted by molar-refractivity contribution is 7.89. The Bertz CT molecular complexity index is 483. The van der Waals surface area contributed by atoms with E-state index >= 15 is 0 Å². The van der Waals surface area contributed by atoms with Crippen molar-refractivity contribution in [3.05, 3.63) is 35.9 Å². The summed E-state index contributed by atoms with van der Waals surface area (Å²) < 4.78 is 26.4. The third kappa shape index (κ3) is 3.97. The number of alkyl halides is 1. The van der Waals surface area contributed by atoms with Crippen molar-refractivity contribution in [2.75, 3.05) is 18.2 Å². The van der Waals surface area contributed by atoms with Crippen LogP contribution in [0.4, 0.5) is 0 Å². The second-order valence-electron chi connectivity index (χ2n) is 5.01. The minimum atomic E-state index is -3.19. The van der Waals surface area contributed by atoms with Gasteiger partial charge in [0.05, 0.1) is 5.75 Å². The first kappa shape index (κ1) is 13.8. The highest BCUT2D eigenvalue weighted by Gasteiger charge is 2.42. The number of benzene rings is 1. The molecule has 18 heavy (non-hydrogen) atoms. The molecule has 0 bridgehead atoms. The minimum Gasteiger partial charge on any atom is -0.215 e. The summed E-state index contributed by atoms with van der Waals surface area (Å²) in [6.07, 6.45) is 2.60. The molecule has 100 valence electrons. The van der Waals surface area contributed by atoms with E-state index in [9.17, 15) is 8.42 Å². The first-order chi connectivity index (χ1) is 8.55. The van der Waals surface area contributed by atoms with Crippen LogP contribution in [0.25, 0.3) is 0 Å². The molecule has 1 aromatic carbocycles. The first-order valence-corrected chi connectivity index (χ1v) is 8.31.